The fourth-order valence-corrected chi connectivity index (χ4v) is 1.75. The highest BCUT2D eigenvalue weighted by molar-refractivity contribution is 6.42. The smallest absolute Gasteiger partial charge is 0.277 e. The summed E-state index contributed by atoms with van der Waals surface area (Å²) < 4.78 is 5.27. The summed E-state index contributed by atoms with van der Waals surface area (Å²) in [5, 5.41) is 4.44. The first-order valence-electron chi connectivity index (χ1n) is 5.95. The number of ether oxygens (including phenoxy) is 1. The van der Waals surface area contributed by atoms with Gasteiger partial charge in [0, 0.05) is 12.4 Å². The van der Waals surface area contributed by atoms with Gasteiger partial charge in [-0.3, -0.25) is 9.78 Å². The van der Waals surface area contributed by atoms with Gasteiger partial charge in [-0.15, -0.1) is 0 Å². The lowest BCUT2D eigenvalue weighted by Crippen LogP contribution is -2.24. The number of hydrogen-bond donors (Lipinski definition) is 1. The molecule has 1 aromatic heterocycles. The first-order valence-corrected chi connectivity index (χ1v) is 6.71. The van der Waals surface area contributed by atoms with Crippen molar-refractivity contribution in [1.82, 2.24) is 10.4 Å². The molecule has 0 fully saturated rings. The Bertz CT molecular complexity index is 648. The molecule has 108 valence electrons. The minimum atomic E-state index is -0.406. The highest BCUT2D eigenvalue weighted by Crippen LogP contribution is 2.31. The van der Waals surface area contributed by atoms with Gasteiger partial charge in [0.15, 0.2) is 6.61 Å². The van der Waals surface area contributed by atoms with Gasteiger partial charge >= 0.3 is 0 Å². The number of nitrogens with one attached hydrogen (secondary N) is 1. The minimum Gasteiger partial charge on any atom is -0.482 e. The monoisotopic (exact) mass is 323 g/mol. The van der Waals surface area contributed by atoms with Crippen molar-refractivity contribution in [2.45, 2.75) is 0 Å². The van der Waals surface area contributed by atoms with Gasteiger partial charge in [0.05, 0.1) is 11.2 Å². The lowest BCUT2D eigenvalue weighted by Gasteiger charge is -2.07. The quantitative estimate of drug-likeness (QED) is 0.679. The number of aromatic nitrogens is 1. The number of hydrogen-bond acceptors (Lipinski definition) is 4. The van der Waals surface area contributed by atoms with E-state index in [1.165, 1.54) is 6.21 Å². The van der Waals surface area contributed by atoms with Crippen LogP contribution in [0.3, 0.4) is 0 Å². The number of rotatable bonds is 5. The van der Waals surface area contributed by atoms with Gasteiger partial charge in [0.2, 0.25) is 0 Å². The van der Waals surface area contributed by atoms with E-state index in [-0.39, 0.29) is 11.6 Å². The molecule has 1 amide bonds. The van der Waals surface area contributed by atoms with Crippen LogP contribution in [0.15, 0.2) is 47.8 Å². The van der Waals surface area contributed by atoms with Crippen LogP contribution >= 0.6 is 23.2 Å². The lowest BCUT2D eigenvalue weighted by atomic mass is 10.3. The summed E-state index contributed by atoms with van der Waals surface area (Å²) in [6.45, 7) is -0.215. The molecular weight excluding hydrogens is 313 g/mol. The van der Waals surface area contributed by atoms with Crippen molar-refractivity contribution in [2.24, 2.45) is 5.10 Å². The van der Waals surface area contributed by atoms with E-state index in [2.05, 4.69) is 15.5 Å². The van der Waals surface area contributed by atoms with Gasteiger partial charge in [-0.25, -0.2) is 5.43 Å². The van der Waals surface area contributed by atoms with E-state index in [0.717, 1.165) is 5.56 Å². The van der Waals surface area contributed by atoms with Crippen LogP contribution in [0.2, 0.25) is 10.0 Å². The van der Waals surface area contributed by atoms with Crippen LogP contribution in [-0.2, 0) is 4.79 Å². The Morgan fingerprint density at radius 3 is 2.81 bits per heavy atom. The third kappa shape index (κ3) is 4.73. The molecule has 0 aliphatic rings. The molecule has 0 atom stereocenters. The van der Waals surface area contributed by atoms with E-state index in [1.807, 2.05) is 0 Å². The Morgan fingerprint density at radius 1 is 1.29 bits per heavy atom. The van der Waals surface area contributed by atoms with Gasteiger partial charge in [0.25, 0.3) is 5.91 Å². The van der Waals surface area contributed by atoms with Crippen molar-refractivity contribution < 1.29 is 9.53 Å². The van der Waals surface area contributed by atoms with Crippen LogP contribution in [0.4, 0.5) is 0 Å². The zero-order chi connectivity index (χ0) is 15.1. The molecule has 7 heteroatoms. The van der Waals surface area contributed by atoms with Gasteiger partial charge in [-0.05, 0) is 29.8 Å². The largest absolute Gasteiger partial charge is 0.482 e. The normalized spacial score (nSPS) is 10.6. The molecule has 0 unspecified atom stereocenters. The molecule has 21 heavy (non-hydrogen) atoms. The highest BCUT2D eigenvalue weighted by Gasteiger charge is 2.07. The molecule has 0 aliphatic heterocycles. The maximum Gasteiger partial charge on any atom is 0.277 e. The number of amides is 1. The van der Waals surface area contributed by atoms with Gasteiger partial charge < -0.3 is 4.74 Å². The van der Waals surface area contributed by atoms with Crippen molar-refractivity contribution in [2.75, 3.05) is 6.61 Å². The van der Waals surface area contributed by atoms with Crippen molar-refractivity contribution in [1.29, 1.82) is 0 Å². The molecule has 1 heterocycles. The average molecular weight is 324 g/mol. The first kappa shape index (κ1) is 15.3. The second kappa shape index (κ2) is 7.61. The molecule has 0 aliphatic carbocycles. The second-order valence-electron chi connectivity index (χ2n) is 3.91. The Morgan fingerprint density at radius 2 is 2.05 bits per heavy atom. The number of carbonyl (C=O) groups is 1. The van der Waals surface area contributed by atoms with Crippen LogP contribution in [0.25, 0.3) is 0 Å². The molecule has 5 nitrogen and oxygen atoms in total. The Hall–Kier alpha value is -2.11. The molecule has 1 aromatic carbocycles. The van der Waals surface area contributed by atoms with Gasteiger partial charge in [0.1, 0.15) is 10.8 Å². The molecular formula is C14H11Cl2N3O2. The zero-order valence-electron chi connectivity index (χ0n) is 10.8. The van der Waals surface area contributed by atoms with E-state index in [9.17, 15) is 4.79 Å². The third-order valence-electron chi connectivity index (χ3n) is 2.38. The number of benzene rings is 1. The number of pyridine rings is 1. The summed E-state index contributed by atoms with van der Waals surface area (Å²) >= 11 is 11.8. The van der Waals surface area contributed by atoms with E-state index in [0.29, 0.717) is 10.8 Å². The first-order chi connectivity index (χ1) is 10.2. The molecule has 0 bridgehead atoms. The lowest BCUT2D eigenvalue weighted by molar-refractivity contribution is -0.123. The maximum atomic E-state index is 11.6. The van der Waals surface area contributed by atoms with Gasteiger partial charge in [-0.2, -0.15) is 5.10 Å². The van der Waals surface area contributed by atoms with Crippen molar-refractivity contribution in [3.8, 4) is 5.75 Å². The fraction of sp³-hybridized carbons (Fsp3) is 0.0714. The summed E-state index contributed by atoms with van der Waals surface area (Å²) in [4.78, 5) is 15.4. The predicted octanol–water partition coefficient (Wildman–Crippen LogP) is 2.92. The Balaban J connectivity index is 1.83. The highest BCUT2D eigenvalue weighted by atomic mass is 35.5. The van der Waals surface area contributed by atoms with E-state index in [4.69, 9.17) is 27.9 Å². The average Bonchev–Trinajstić information content (AvgIpc) is 2.50. The van der Waals surface area contributed by atoms with Crippen molar-refractivity contribution in [3.63, 3.8) is 0 Å². The minimum absolute atomic E-state index is 0.215. The van der Waals surface area contributed by atoms with E-state index in [1.54, 1.807) is 42.7 Å². The molecule has 1 N–H and O–H groups in total. The summed E-state index contributed by atoms with van der Waals surface area (Å²) in [5.74, 6) is -0.0613. The maximum absolute atomic E-state index is 11.6. The molecule has 0 radical (unpaired) electrons. The SMILES string of the molecule is O=C(COc1cccc(Cl)c1Cl)NN=Cc1ccncc1. The molecule has 0 saturated carbocycles. The van der Waals surface area contributed by atoms with E-state index >= 15 is 0 Å². The Labute approximate surface area is 131 Å². The van der Waals surface area contributed by atoms with Crippen molar-refractivity contribution in [3.05, 3.63) is 58.3 Å². The summed E-state index contributed by atoms with van der Waals surface area (Å²) in [5.41, 5.74) is 3.17. The molecule has 2 rings (SSSR count). The number of carbonyl (C=O) groups excluding carboxylic acids is 1. The standard InChI is InChI=1S/C14H11Cl2N3O2/c15-11-2-1-3-12(14(11)16)21-9-13(20)19-18-8-10-4-6-17-7-5-10/h1-8H,9H2,(H,19,20). The van der Waals surface area contributed by atoms with Gasteiger partial charge in [-0.1, -0.05) is 29.3 Å². The van der Waals surface area contributed by atoms with Crippen LogP contribution in [0.5, 0.6) is 5.75 Å². The van der Waals surface area contributed by atoms with Crippen LogP contribution in [0.1, 0.15) is 5.56 Å². The van der Waals surface area contributed by atoms with Crippen LogP contribution in [-0.4, -0.2) is 23.7 Å². The number of hydrazone groups is 1. The Kier molecular flexibility index (Phi) is 5.54. The van der Waals surface area contributed by atoms with E-state index < -0.39 is 5.91 Å². The zero-order valence-corrected chi connectivity index (χ0v) is 12.3. The fourth-order valence-electron chi connectivity index (χ4n) is 1.40. The predicted molar refractivity (Wildman–Crippen MR) is 81.9 cm³/mol. The summed E-state index contributed by atoms with van der Waals surface area (Å²) in [6, 6.07) is 8.47. The molecule has 0 spiro atoms. The molecule has 2 aromatic rings. The molecule has 0 saturated heterocycles. The van der Waals surface area contributed by atoms with Crippen LogP contribution < -0.4 is 10.2 Å². The van der Waals surface area contributed by atoms with Crippen molar-refractivity contribution >= 4 is 35.3 Å². The third-order valence-corrected chi connectivity index (χ3v) is 3.19. The topological polar surface area (TPSA) is 63.6 Å². The number of nitrogens with zero attached hydrogens (tertiary/aromatic N) is 2. The summed E-state index contributed by atoms with van der Waals surface area (Å²) in [6.07, 6.45) is 4.77. The second-order valence-corrected chi connectivity index (χ2v) is 4.70. The summed E-state index contributed by atoms with van der Waals surface area (Å²) in [7, 11) is 0. The van der Waals surface area contributed by atoms with Crippen LogP contribution in [0, 0.1) is 0 Å². The number of halogens is 2.